The highest BCUT2D eigenvalue weighted by atomic mass is 16.5. The van der Waals surface area contributed by atoms with Crippen molar-refractivity contribution in [2.45, 2.75) is 6.54 Å². The van der Waals surface area contributed by atoms with Crippen LogP contribution in [0.2, 0.25) is 0 Å². The molecule has 0 saturated heterocycles. The van der Waals surface area contributed by atoms with Gasteiger partial charge in [-0.05, 0) is 17.2 Å². The number of carbonyl (C=O) groups is 2. The molecule has 1 rings (SSSR count). The molecule has 2 N–H and O–H groups in total. The van der Waals surface area contributed by atoms with Crippen molar-refractivity contribution in [2.75, 3.05) is 7.11 Å². The molecule has 0 aliphatic heterocycles. The molecule has 0 bridgehead atoms. The van der Waals surface area contributed by atoms with Crippen LogP contribution in [-0.4, -0.2) is 24.3 Å². The maximum Gasteiger partial charge on any atom is 0.407 e. The second-order valence-electron chi connectivity index (χ2n) is 3.26. The summed E-state index contributed by atoms with van der Waals surface area (Å²) < 4.78 is 4.43. The normalized spacial score (nSPS) is 10.2. The van der Waals surface area contributed by atoms with Crippen LogP contribution in [0, 0.1) is 0 Å². The number of alkyl carbamates (subject to hydrolysis) is 1. The van der Waals surface area contributed by atoms with Gasteiger partial charge in [-0.25, -0.2) is 9.59 Å². The van der Waals surface area contributed by atoms with E-state index in [4.69, 9.17) is 5.11 Å². The molecule has 0 atom stereocenters. The van der Waals surface area contributed by atoms with Crippen LogP contribution in [0.5, 0.6) is 0 Å². The number of aliphatic carboxylic acids is 1. The van der Waals surface area contributed by atoms with E-state index in [0.717, 1.165) is 17.2 Å². The Morgan fingerprint density at radius 3 is 2.53 bits per heavy atom. The number of ether oxygens (including phenoxy) is 1. The molecule has 1 aromatic carbocycles. The van der Waals surface area contributed by atoms with Gasteiger partial charge in [0.15, 0.2) is 0 Å². The molecule has 17 heavy (non-hydrogen) atoms. The minimum Gasteiger partial charge on any atom is -0.478 e. The van der Waals surface area contributed by atoms with Crippen molar-refractivity contribution in [1.82, 2.24) is 5.32 Å². The van der Waals surface area contributed by atoms with Crippen LogP contribution >= 0.6 is 0 Å². The Kier molecular flexibility index (Phi) is 4.75. The van der Waals surface area contributed by atoms with E-state index >= 15 is 0 Å². The summed E-state index contributed by atoms with van der Waals surface area (Å²) in [5.41, 5.74) is 1.69. The molecule has 0 aliphatic rings. The Morgan fingerprint density at radius 2 is 2.00 bits per heavy atom. The fourth-order valence-corrected chi connectivity index (χ4v) is 1.16. The molecule has 0 aliphatic carbocycles. The van der Waals surface area contributed by atoms with Crippen molar-refractivity contribution >= 4 is 18.1 Å². The van der Waals surface area contributed by atoms with E-state index in [2.05, 4.69) is 10.1 Å². The highest BCUT2D eigenvalue weighted by molar-refractivity contribution is 5.85. The Labute approximate surface area is 98.7 Å². The Bertz CT molecular complexity index is 423. The molecule has 90 valence electrons. The summed E-state index contributed by atoms with van der Waals surface area (Å²) in [6.07, 6.45) is 2.08. The van der Waals surface area contributed by atoms with Crippen LogP contribution < -0.4 is 5.32 Å². The van der Waals surface area contributed by atoms with Crippen molar-refractivity contribution in [2.24, 2.45) is 0 Å². The fourth-order valence-electron chi connectivity index (χ4n) is 1.16. The minimum atomic E-state index is -0.985. The molecule has 0 aromatic heterocycles. The minimum absolute atomic E-state index is 0.371. The third kappa shape index (κ3) is 4.83. The zero-order chi connectivity index (χ0) is 12.7. The quantitative estimate of drug-likeness (QED) is 0.778. The summed E-state index contributed by atoms with van der Waals surface area (Å²) in [5.74, 6) is -0.985. The lowest BCUT2D eigenvalue weighted by Crippen LogP contribution is -2.22. The van der Waals surface area contributed by atoms with E-state index in [1.807, 2.05) is 0 Å². The van der Waals surface area contributed by atoms with Gasteiger partial charge in [-0.1, -0.05) is 24.3 Å². The molecule has 0 radical (unpaired) electrons. The van der Waals surface area contributed by atoms with E-state index in [1.54, 1.807) is 24.3 Å². The van der Waals surface area contributed by atoms with Gasteiger partial charge in [0.1, 0.15) is 0 Å². The van der Waals surface area contributed by atoms with Crippen molar-refractivity contribution in [3.8, 4) is 0 Å². The van der Waals surface area contributed by atoms with E-state index in [9.17, 15) is 9.59 Å². The van der Waals surface area contributed by atoms with E-state index in [0.29, 0.717) is 6.54 Å². The molecular formula is C12H13NO4. The van der Waals surface area contributed by atoms with Gasteiger partial charge in [0.25, 0.3) is 0 Å². The molecule has 0 saturated carbocycles. The lowest BCUT2D eigenvalue weighted by Gasteiger charge is -2.03. The van der Waals surface area contributed by atoms with Gasteiger partial charge in [-0.2, -0.15) is 0 Å². The van der Waals surface area contributed by atoms with E-state index in [-0.39, 0.29) is 0 Å². The predicted molar refractivity (Wildman–Crippen MR) is 62.4 cm³/mol. The number of amides is 1. The topological polar surface area (TPSA) is 75.6 Å². The number of carboxylic acid groups (broad SMARTS) is 1. The summed E-state index contributed by atoms with van der Waals surface area (Å²) in [7, 11) is 1.30. The zero-order valence-electron chi connectivity index (χ0n) is 9.34. The first kappa shape index (κ1) is 12.8. The van der Waals surface area contributed by atoms with Crippen LogP contribution in [0.25, 0.3) is 6.08 Å². The lowest BCUT2D eigenvalue weighted by molar-refractivity contribution is -0.131. The molecule has 0 unspecified atom stereocenters. The number of carboxylic acids is 1. The molecular weight excluding hydrogens is 222 g/mol. The number of benzene rings is 1. The van der Waals surface area contributed by atoms with E-state index in [1.165, 1.54) is 13.2 Å². The maximum atomic E-state index is 10.8. The number of methoxy groups -OCH3 is 1. The van der Waals surface area contributed by atoms with Crippen LogP contribution in [0.4, 0.5) is 4.79 Å². The van der Waals surface area contributed by atoms with Gasteiger partial charge >= 0.3 is 12.1 Å². The number of hydrogen-bond acceptors (Lipinski definition) is 3. The van der Waals surface area contributed by atoms with Crippen LogP contribution in [0.15, 0.2) is 30.3 Å². The van der Waals surface area contributed by atoms with Crippen LogP contribution in [0.3, 0.4) is 0 Å². The second-order valence-corrected chi connectivity index (χ2v) is 3.26. The van der Waals surface area contributed by atoms with Gasteiger partial charge in [0, 0.05) is 12.6 Å². The van der Waals surface area contributed by atoms with Crippen molar-refractivity contribution in [3.05, 3.63) is 41.5 Å². The molecule has 1 amide bonds. The van der Waals surface area contributed by atoms with Crippen molar-refractivity contribution < 1.29 is 19.4 Å². The molecule has 0 fully saturated rings. The number of rotatable bonds is 4. The SMILES string of the molecule is COC(=O)NCc1ccc(/C=C/C(=O)O)cc1. The first-order valence-electron chi connectivity index (χ1n) is 4.93. The number of carbonyl (C=O) groups excluding carboxylic acids is 1. The van der Waals surface area contributed by atoms with E-state index < -0.39 is 12.1 Å². The number of nitrogens with one attached hydrogen (secondary N) is 1. The average Bonchev–Trinajstić information content (AvgIpc) is 2.34. The van der Waals surface area contributed by atoms with Gasteiger partial charge in [0.2, 0.25) is 0 Å². The Morgan fingerprint density at radius 1 is 1.35 bits per heavy atom. The van der Waals surface area contributed by atoms with Crippen LogP contribution in [0.1, 0.15) is 11.1 Å². The smallest absolute Gasteiger partial charge is 0.407 e. The summed E-state index contributed by atoms with van der Waals surface area (Å²) in [4.78, 5) is 21.1. The summed E-state index contributed by atoms with van der Waals surface area (Å²) in [6, 6.07) is 7.15. The average molecular weight is 235 g/mol. The highest BCUT2D eigenvalue weighted by Crippen LogP contribution is 2.06. The third-order valence-corrected chi connectivity index (χ3v) is 2.02. The second kappa shape index (κ2) is 6.32. The monoisotopic (exact) mass is 235 g/mol. The van der Waals surface area contributed by atoms with Crippen molar-refractivity contribution in [3.63, 3.8) is 0 Å². The summed E-state index contributed by atoms with van der Waals surface area (Å²) in [6.45, 7) is 0.371. The lowest BCUT2D eigenvalue weighted by atomic mass is 10.1. The standard InChI is InChI=1S/C12H13NO4/c1-17-12(16)13-8-10-4-2-9(3-5-10)6-7-11(14)15/h2-7H,8H2,1H3,(H,13,16)(H,14,15)/b7-6+. The first-order chi connectivity index (χ1) is 8.11. The van der Waals surface area contributed by atoms with Crippen molar-refractivity contribution in [1.29, 1.82) is 0 Å². The fraction of sp³-hybridized carbons (Fsp3) is 0.167. The van der Waals surface area contributed by atoms with Gasteiger partial charge in [-0.3, -0.25) is 0 Å². The molecule has 0 heterocycles. The molecule has 1 aromatic rings. The third-order valence-electron chi connectivity index (χ3n) is 2.02. The van der Waals surface area contributed by atoms with Gasteiger partial charge in [-0.15, -0.1) is 0 Å². The number of hydrogen-bond donors (Lipinski definition) is 2. The summed E-state index contributed by atoms with van der Waals surface area (Å²) in [5, 5.41) is 11.0. The molecule has 0 spiro atoms. The van der Waals surface area contributed by atoms with Crippen LogP contribution in [-0.2, 0) is 16.1 Å². The first-order valence-corrected chi connectivity index (χ1v) is 4.93. The molecule has 5 heteroatoms. The Hall–Kier alpha value is -2.30. The van der Waals surface area contributed by atoms with Gasteiger partial charge < -0.3 is 15.2 Å². The predicted octanol–water partition coefficient (Wildman–Crippen LogP) is 1.64. The largest absolute Gasteiger partial charge is 0.478 e. The highest BCUT2D eigenvalue weighted by Gasteiger charge is 1.98. The zero-order valence-corrected chi connectivity index (χ0v) is 9.34. The molecule has 5 nitrogen and oxygen atoms in total. The Balaban J connectivity index is 2.56. The van der Waals surface area contributed by atoms with Gasteiger partial charge in [0.05, 0.1) is 7.11 Å². The maximum absolute atomic E-state index is 10.8. The summed E-state index contributed by atoms with van der Waals surface area (Å²) >= 11 is 0.